The number of rotatable bonds is 3. The monoisotopic (exact) mass is 416 g/mol. The van der Waals surface area contributed by atoms with Gasteiger partial charge in [0.15, 0.2) is 0 Å². The molecule has 0 amide bonds. The van der Waals surface area contributed by atoms with Crippen molar-refractivity contribution in [2.45, 2.75) is 43.9 Å². The number of pyridine rings is 1. The van der Waals surface area contributed by atoms with Gasteiger partial charge in [0.25, 0.3) is 0 Å². The summed E-state index contributed by atoms with van der Waals surface area (Å²) in [6.07, 6.45) is 1.14. The highest BCUT2D eigenvalue weighted by atomic mass is 19.4. The van der Waals surface area contributed by atoms with Crippen LogP contribution in [-0.2, 0) is 11.8 Å². The summed E-state index contributed by atoms with van der Waals surface area (Å²) in [5.74, 6) is 0.173. The van der Waals surface area contributed by atoms with Gasteiger partial charge in [-0.1, -0.05) is 19.3 Å². The molecule has 4 rings (SSSR count). The highest BCUT2D eigenvalue weighted by Crippen LogP contribution is 2.41. The molecule has 0 spiro atoms. The number of nitriles is 1. The summed E-state index contributed by atoms with van der Waals surface area (Å²) in [5.41, 5.74) is -1.25. The first-order valence-corrected chi connectivity index (χ1v) is 9.54. The first kappa shape index (κ1) is 20.1. The van der Waals surface area contributed by atoms with Crippen LogP contribution < -0.4 is 5.32 Å². The molecule has 1 aliphatic rings. The molecule has 3 aromatic rings. The SMILES string of the molecule is CNc1nc(-c2c[nH]c3ncc(C(F)(F)F)cc23)c(C#N)c(C2(O)CCCCC2)n1. The zero-order valence-electron chi connectivity index (χ0n) is 16.1. The lowest BCUT2D eigenvalue weighted by atomic mass is 9.80. The van der Waals surface area contributed by atoms with Gasteiger partial charge < -0.3 is 15.4 Å². The highest BCUT2D eigenvalue weighted by Gasteiger charge is 2.37. The fourth-order valence-corrected chi connectivity index (χ4v) is 3.94. The summed E-state index contributed by atoms with van der Waals surface area (Å²) < 4.78 is 39.6. The van der Waals surface area contributed by atoms with Crippen molar-refractivity contribution in [2.24, 2.45) is 0 Å². The van der Waals surface area contributed by atoms with E-state index < -0.39 is 17.3 Å². The Morgan fingerprint density at radius 1 is 1.23 bits per heavy atom. The number of aromatic nitrogens is 4. The first-order valence-electron chi connectivity index (χ1n) is 9.54. The van der Waals surface area contributed by atoms with Gasteiger partial charge in [-0.05, 0) is 18.9 Å². The Labute approximate surface area is 170 Å². The Hall–Kier alpha value is -3.19. The number of aliphatic hydroxyl groups is 1. The third-order valence-corrected chi connectivity index (χ3v) is 5.48. The molecule has 0 atom stereocenters. The van der Waals surface area contributed by atoms with Crippen molar-refractivity contribution < 1.29 is 18.3 Å². The second kappa shape index (κ2) is 7.25. The number of fused-ring (bicyclic) bond motifs is 1. The molecule has 30 heavy (non-hydrogen) atoms. The van der Waals surface area contributed by atoms with Crippen LogP contribution in [0.2, 0.25) is 0 Å². The maximum atomic E-state index is 13.2. The van der Waals surface area contributed by atoms with E-state index in [0.29, 0.717) is 18.4 Å². The van der Waals surface area contributed by atoms with Gasteiger partial charge in [0.05, 0.1) is 17.0 Å². The first-order chi connectivity index (χ1) is 14.3. The molecule has 0 bridgehead atoms. The van der Waals surface area contributed by atoms with Crippen LogP contribution in [0.4, 0.5) is 19.1 Å². The van der Waals surface area contributed by atoms with E-state index in [1.165, 1.54) is 6.20 Å². The lowest BCUT2D eigenvalue weighted by Gasteiger charge is -2.32. The Bertz CT molecular complexity index is 1140. The van der Waals surface area contributed by atoms with Gasteiger partial charge in [0.1, 0.15) is 22.9 Å². The molecule has 0 aliphatic heterocycles. The van der Waals surface area contributed by atoms with E-state index in [1.54, 1.807) is 7.05 Å². The van der Waals surface area contributed by atoms with E-state index in [1.807, 2.05) is 0 Å². The summed E-state index contributed by atoms with van der Waals surface area (Å²) in [6, 6.07) is 3.04. The van der Waals surface area contributed by atoms with Gasteiger partial charge in [-0.15, -0.1) is 0 Å². The molecule has 10 heteroatoms. The molecule has 3 heterocycles. The number of alkyl halides is 3. The number of nitrogens with one attached hydrogen (secondary N) is 2. The molecule has 0 radical (unpaired) electrons. The van der Waals surface area contributed by atoms with E-state index >= 15 is 0 Å². The van der Waals surface area contributed by atoms with Gasteiger partial charge in [-0.25, -0.2) is 15.0 Å². The average molecular weight is 416 g/mol. The average Bonchev–Trinajstić information content (AvgIpc) is 3.15. The Kier molecular flexibility index (Phi) is 4.86. The van der Waals surface area contributed by atoms with Gasteiger partial charge in [0, 0.05) is 30.4 Å². The van der Waals surface area contributed by atoms with E-state index in [2.05, 4.69) is 31.3 Å². The molecule has 7 nitrogen and oxygen atoms in total. The molecule has 0 aromatic carbocycles. The Morgan fingerprint density at radius 3 is 2.60 bits per heavy atom. The summed E-state index contributed by atoms with van der Waals surface area (Å²) in [5, 5.41) is 24.1. The van der Waals surface area contributed by atoms with Gasteiger partial charge >= 0.3 is 6.18 Å². The number of hydrogen-bond donors (Lipinski definition) is 3. The Morgan fingerprint density at radius 2 is 1.97 bits per heavy atom. The fourth-order valence-electron chi connectivity index (χ4n) is 3.94. The molecule has 0 saturated heterocycles. The molecule has 1 fully saturated rings. The highest BCUT2D eigenvalue weighted by molar-refractivity contribution is 5.94. The van der Waals surface area contributed by atoms with Crippen LogP contribution in [0.15, 0.2) is 18.5 Å². The second-order valence-corrected chi connectivity index (χ2v) is 7.39. The minimum Gasteiger partial charge on any atom is -0.384 e. The molecule has 156 valence electrons. The maximum absolute atomic E-state index is 13.2. The van der Waals surface area contributed by atoms with Crippen molar-refractivity contribution in [3.05, 3.63) is 35.3 Å². The van der Waals surface area contributed by atoms with E-state index in [9.17, 15) is 23.5 Å². The summed E-state index contributed by atoms with van der Waals surface area (Å²) in [7, 11) is 1.60. The third kappa shape index (κ3) is 3.35. The maximum Gasteiger partial charge on any atom is 0.417 e. The number of aromatic amines is 1. The Balaban J connectivity index is 1.97. The van der Waals surface area contributed by atoms with Crippen LogP contribution >= 0.6 is 0 Å². The number of hydrogen-bond acceptors (Lipinski definition) is 6. The van der Waals surface area contributed by atoms with E-state index in [0.717, 1.165) is 31.5 Å². The molecule has 1 aliphatic carbocycles. The van der Waals surface area contributed by atoms with Gasteiger partial charge in [-0.2, -0.15) is 18.4 Å². The summed E-state index contributed by atoms with van der Waals surface area (Å²) in [4.78, 5) is 15.4. The van der Waals surface area contributed by atoms with Crippen LogP contribution in [0.5, 0.6) is 0 Å². The van der Waals surface area contributed by atoms with E-state index in [4.69, 9.17) is 0 Å². The molecule has 3 N–H and O–H groups in total. The van der Waals surface area contributed by atoms with Crippen LogP contribution in [0.1, 0.15) is 48.9 Å². The standard InChI is InChI=1S/C20H19F3N6O/c1-25-18-28-15(13(8-24)16(29-18)19(30)5-3-2-4-6-19)14-10-27-17-12(14)7-11(9-26-17)20(21,22)23/h7,9-10,30H,2-6H2,1H3,(H,26,27)(H,25,28,29). The summed E-state index contributed by atoms with van der Waals surface area (Å²) >= 11 is 0. The second-order valence-electron chi connectivity index (χ2n) is 7.39. The molecular formula is C20H19F3N6O. The van der Waals surface area contributed by atoms with Crippen molar-refractivity contribution >= 4 is 17.0 Å². The molecule has 0 unspecified atom stereocenters. The van der Waals surface area contributed by atoms with Crippen LogP contribution in [0.25, 0.3) is 22.3 Å². The fraction of sp³-hybridized carbons (Fsp3) is 0.400. The predicted octanol–water partition coefficient (Wildman–Crippen LogP) is 4.10. The van der Waals surface area contributed by atoms with Crippen molar-refractivity contribution in [1.82, 2.24) is 19.9 Å². The van der Waals surface area contributed by atoms with E-state index in [-0.39, 0.29) is 33.9 Å². The molecular weight excluding hydrogens is 397 g/mol. The normalized spacial score (nSPS) is 16.4. The lowest BCUT2D eigenvalue weighted by molar-refractivity contribution is -0.137. The number of nitrogens with zero attached hydrogens (tertiary/aromatic N) is 4. The molecule has 3 aromatic heterocycles. The minimum absolute atomic E-state index is 0.0525. The summed E-state index contributed by atoms with van der Waals surface area (Å²) in [6.45, 7) is 0. The van der Waals surface area contributed by atoms with Gasteiger partial charge in [-0.3, -0.25) is 0 Å². The van der Waals surface area contributed by atoms with Crippen LogP contribution in [-0.4, -0.2) is 32.1 Å². The number of anilines is 1. The number of halogens is 3. The van der Waals surface area contributed by atoms with Crippen molar-refractivity contribution in [2.75, 3.05) is 12.4 Å². The van der Waals surface area contributed by atoms with Crippen molar-refractivity contribution in [3.63, 3.8) is 0 Å². The third-order valence-electron chi connectivity index (χ3n) is 5.48. The van der Waals surface area contributed by atoms with Crippen molar-refractivity contribution in [1.29, 1.82) is 5.26 Å². The molecule has 1 saturated carbocycles. The lowest BCUT2D eigenvalue weighted by Crippen LogP contribution is -2.31. The minimum atomic E-state index is -4.56. The van der Waals surface area contributed by atoms with Gasteiger partial charge in [0.2, 0.25) is 5.95 Å². The number of H-pyrrole nitrogens is 1. The quantitative estimate of drug-likeness (QED) is 0.593. The smallest absolute Gasteiger partial charge is 0.384 e. The zero-order valence-corrected chi connectivity index (χ0v) is 16.1. The van der Waals surface area contributed by atoms with Crippen LogP contribution in [0, 0.1) is 11.3 Å². The van der Waals surface area contributed by atoms with Crippen LogP contribution in [0.3, 0.4) is 0 Å². The predicted molar refractivity (Wildman–Crippen MR) is 103 cm³/mol. The largest absolute Gasteiger partial charge is 0.417 e. The zero-order chi connectivity index (χ0) is 21.5. The topological polar surface area (TPSA) is 111 Å². The van der Waals surface area contributed by atoms with Crippen molar-refractivity contribution in [3.8, 4) is 17.3 Å².